The van der Waals surface area contributed by atoms with E-state index in [1.165, 1.54) is 4.31 Å². The maximum absolute atomic E-state index is 12.3. The van der Waals surface area contributed by atoms with Crippen LogP contribution in [0.1, 0.15) is 30.4 Å². The Labute approximate surface area is 133 Å². The van der Waals surface area contributed by atoms with Gasteiger partial charge in [0.25, 0.3) is 0 Å². The van der Waals surface area contributed by atoms with Gasteiger partial charge < -0.3 is 4.90 Å². The minimum absolute atomic E-state index is 0.0766. The molecule has 1 aromatic carbocycles. The molecule has 0 bridgehead atoms. The lowest BCUT2D eigenvalue weighted by atomic mass is 10.1. The van der Waals surface area contributed by atoms with Crippen molar-refractivity contribution in [3.8, 4) is 0 Å². The van der Waals surface area contributed by atoms with Crippen LogP contribution in [0.2, 0.25) is 0 Å². The number of amides is 1. The van der Waals surface area contributed by atoms with Crippen LogP contribution in [0.5, 0.6) is 0 Å². The highest BCUT2D eigenvalue weighted by atomic mass is 32.2. The van der Waals surface area contributed by atoms with Gasteiger partial charge in [0.05, 0.1) is 12.8 Å². The van der Waals surface area contributed by atoms with E-state index in [9.17, 15) is 13.2 Å². The molecule has 1 heterocycles. The first-order valence-corrected chi connectivity index (χ1v) is 9.49. The van der Waals surface area contributed by atoms with Gasteiger partial charge in [-0.05, 0) is 31.7 Å². The zero-order valence-electron chi connectivity index (χ0n) is 13.3. The van der Waals surface area contributed by atoms with E-state index in [2.05, 4.69) is 0 Å². The fourth-order valence-electron chi connectivity index (χ4n) is 2.70. The molecule has 0 aromatic heterocycles. The number of likely N-dealkylation sites (tertiary alicyclic amines) is 1. The van der Waals surface area contributed by atoms with Crippen molar-refractivity contribution in [3.05, 3.63) is 35.4 Å². The summed E-state index contributed by atoms with van der Waals surface area (Å²) < 4.78 is 25.3. The van der Waals surface area contributed by atoms with Gasteiger partial charge in [0.2, 0.25) is 15.9 Å². The molecule has 1 amide bonds. The van der Waals surface area contributed by atoms with E-state index in [-0.39, 0.29) is 19.0 Å². The van der Waals surface area contributed by atoms with Crippen LogP contribution in [-0.2, 0) is 21.4 Å². The van der Waals surface area contributed by atoms with E-state index >= 15 is 0 Å². The second-order valence-electron chi connectivity index (χ2n) is 5.96. The number of benzene rings is 1. The number of piperidine rings is 1. The van der Waals surface area contributed by atoms with Gasteiger partial charge in [-0.1, -0.05) is 29.8 Å². The summed E-state index contributed by atoms with van der Waals surface area (Å²) in [5, 5.41) is 0. The van der Waals surface area contributed by atoms with Crippen LogP contribution in [0.3, 0.4) is 0 Å². The summed E-state index contributed by atoms with van der Waals surface area (Å²) in [5.74, 6) is -0.0993. The summed E-state index contributed by atoms with van der Waals surface area (Å²) in [5.41, 5.74) is 1.98. The predicted octanol–water partition coefficient (Wildman–Crippen LogP) is 1.77. The Morgan fingerprint density at radius 3 is 2.50 bits per heavy atom. The van der Waals surface area contributed by atoms with Gasteiger partial charge in [-0.25, -0.2) is 8.42 Å². The molecular weight excluding hydrogens is 300 g/mol. The van der Waals surface area contributed by atoms with E-state index in [0.717, 1.165) is 49.7 Å². The van der Waals surface area contributed by atoms with Gasteiger partial charge >= 0.3 is 0 Å². The maximum Gasteiger partial charge on any atom is 0.237 e. The third-order valence-corrected chi connectivity index (χ3v) is 5.13. The summed E-state index contributed by atoms with van der Waals surface area (Å²) in [6.45, 7) is 3.60. The lowest BCUT2D eigenvalue weighted by Gasteiger charge is -2.29. The normalized spacial score (nSPS) is 16.0. The fourth-order valence-corrected chi connectivity index (χ4v) is 3.43. The van der Waals surface area contributed by atoms with Crippen LogP contribution in [0.15, 0.2) is 24.3 Å². The molecule has 0 saturated carbocycles. The number of carbonyl (C=O) groups is 1. The van der Waals surface area contributed by atoms with Gasteiger partial charge in [0.15, 0.2) is 0 Å². The second kappa shape index (κ2) is 7.24. The largest absolute Gasteiger partial charge is 0.342 e. The van der Waals surface area contributed by atoms with Crippen LogP contribution >= 0.6 is 0 Å². The Morgan fingerprint density at radius 1 is 1.23 bits per heavy atom. The first kappa shape index (κ1) is 17.0. The third-order valence-electron chi connectivity index (χ3n) is 3.93. The van der Waals surface area contributed by atoms with Crippen LogP contribution in [-0.4, -0.2) is 49.4 Å². The number of rotatable bonds is 5. The van der Waals surface area contributed by atoms with E-state index < -0.39 is 10.0 Å². The smallest absolute Gasteiger partial charge is 0.237 e. The lowest BCUT2D eigenvalue weighted by molar-refractivity contribution is -0.132. The van der Waals surface area contributed by atoms with Crippen molar-refractivity contribution in [1.29, 1.82) is 0 Å². The summed E-state index contributed by atoms with van der Waals surface area (Å²) in [4.78, 5) is 14.1. The molecule has 1 aromatic rings. The number of carbonyl (C=O) groups excluding carboxylic acids is 1. The Balaban J connectivity index is 2.08. The Hall–Kier alpha value is -1.40. The van der Waals surface area contributed by atoms with Crippen molar-refractivity contribution in [2.45, 2.75) is 32.7 Å². The van der Waals surface area contributed by atoms with Crippen molar-refractivity contribution >= 4 is 15.9 Å². The molecule has 1 aliphatic heterocycles. The molecule has 0 atom stereocenters. The molecule has 0 N–H and O–H groups in total. The highest BCUT2D eigenvalue weighted by Crippen LogP contribution is 2.13. The average Bonchev–Trinajstić information content (AvgIpc) is 2.46. The highest BCUT2D eigenvalue weighted by molar-refractivity contribution is 7.88. The zero-order chi connectivity index (χ0) is 16.2. The number of hydrogen-bond donors (Lipinski definition) is 0. The van der Waals surface area contributed by atoms with E-state index in [4.69, 9.17) is 0 Å². The first-order valence-electron chi connectivity index (χ1n) is 7.65. The minimum atomic E-state index is -3.42. The van der Waals surface area contributed by atoms with Crippen LogP contribution in [0.25, 0.3) is 0 Å². The van der Waals surface area contributed by atoms with Gasteiger partial charge in [-0.15, -0.1) is 0 Å². The van der Waals surface area contributed by atoms with Crippen LogP contribution in [0.4, 0.5) is 0 Å². The topological polar surface area (TPSA) is 57.7 Å². The number of nitrogens with zero attached hydrogens (tertiary/aromatic N) is 2. The maximum atomic E-state index is 12.3. The summed E-state index contributed by atoms with van der Waals surface area (Å²) in [6, 6.07) is 7.70. The molecule has 1 aliphatic rings. The molecule has 0 unspecified atom stereocenters. The second-order valence-corrected chi connectivity index (χ2v) is 7.94. The van der Waals surface area contributed by atoms with Gasteiger partial charge in [0, 0.05) is 19.6 Å². The highest BCUT2D eigenvalue weighted by Gasteiger charge is 2.24. The molecular formula is C16H24N2O3S. The Morgan fingerprint density at radius 2 is 1.91 bits per heavy atom. The van der Waals surface area contributed by atoms with Gasteiger partial charge in [-0.3, -0.25) is 4.79 Å². The molecule has 0 aliphatic carbocycles. The number of sulfonamides is 1. The first-order chi connectivity index (χ1) is 10.4. The fraction of sp³-hybridized carbons (Fsp3) is 0.562. The van der Waals surface area contributed by atoms with Crippen LogP contribution in [0, 0.1) is 6.92 Å². The van der Waals surface area contributed by atoms with E-state index in [1.807, 2.05) is 31.2 Å². The summed E-state index contributed by atoms with van der Waals surface area (Å²) in [6.07, 6.45) is 4.31. The zero-order valence-corrected chi connectivity index (χ0v) is 14.1. The molecule has 2 rings (SSSR count). The predicted molar refractivity (Wildman–Crippen MR) is 86.9 cm³/mol. The Bertz CT molecular complexity index is 622. The number of hydrogen-bond acceptors (Lipinski definition) is 3. The van der Waals surface area contributed by atoms with Crippen molar-refractivity contribution < 1.29 is 13.2 Å². The van der Waals surface area contributed by atoms with Crippen molar-refractivity contribution in [2.75, 3.05) is 25.9 Å². The molecule has 22 heavy (non-hydrogen) atoms. The SMILES string of the molecule is Cc1cccc(CN(CC(=O)N2CCCCC2)S(C)(=O)=O)c1. The molecule has 6 heteroatoms. The van der Waals surface area contributed by atoms with Crippen molar-refractivity contribution in [2.24, 2.45) is 0 Å². The molecule has 1 fully saturated rings. The van der Waals surface area contributed by atoms with Gasteiger partial charge in [0.1, 0.15) is 0 Å². The minimum Gasteiger partial charge on any atom is -0.342 e. The number of aryl methyl sites for hydroxylation is 1. The third kappa shape index (κ3) is 4.81. The summed E-state index contributed by atoms with van der Waals surface area (Å²) >= 11 is 0. The van der Waals surface area contributed by atoms with E-state index in [1.54, 1.807) is 4.90 Å². The van der Waals surface area contributed by atoms with Crippen molar-refractivity contribution in [3.63, 3.8) is 0 Å². The average molecular weight is 324 g/mol. The standard InChI is InChI=1S/C16H24N2O3S/c1-14-7-6-8-15(11-14)12-18(22(2,20)21)13-16(19)17-9-4-3-5-10-17/h6-8,11H,3-5,9-10,12-13H2,1-2H3. The quantitative estimate of drug-likeness (QED) is 0.829. The van der Waals surface area contributed by atoms with Gasteiger partial charge in [-0.2, -0.15) is 4.31 Å². The lowest BCUT2D eigenvalue weighted by Crippen LogP contribution is -2.44. The molecule has 0 spiro atoms. The molecule has 0 radical (unpaired) electrons. The summed E-state index contributed by atoms with van der Waals surface area (Å²) in [7, 11) is -3.42. The Kier molecular flexibility index (Phi) is 5.58. The molecule has 5 nitrogen and oxygen atoms in total. The molecule has 122 valence electrons. The van der Waals surface area contributed by atoms with E-state index in [0.29, 0.717) is 0 Å². The monoisotopic (exact) mass is 324 g/mol. The molecule has 1 saturated heterocycles. The van der Waals surface area contributed by atoms with Crippen molar-refractivity contribution in [1.82, 2.24) is 9.21 Å². The van der Waals surface area contributed by atoms with Crippen LogP contribution < -0.4 is 0 Å².